The molecule has 0 bridgehead atoms. The van der Waals surface area contributed by atoms with E-state index in [9.17, 15) is 35.7 Å². The zero-order chi connectivity index (χ0) is 20.4. The minimum Gasteiger partial charge on any atom is -0.394 e. The first kappa shape index (κ1) is 22.6. The summed E-state index contributed by atoms with van der Waals surface area (Å²) in [5.41, 5.74) is 0.657. The molecule has 11 heteroatoms. The Labute approximate surface area is 156 Å². The van der Waals surface area contributed by atoms with Crippen molar-refractivity contribution in [3.63, 3.8) is 0 Å². The number of aliphatic hydroxyl groups is 7. The number of hydrogen-bond donors (Lipinski definition) is 7. The lowest BCUT2D eigenvalue weighted by atomic mass is 9.99. The van der Waals surface area contributed by atoms with E-state index in [0.29, 0.717) is 5.57 Å². The van der Waals surface area contributed by atoms with Crippen molar-refractivity contribution in [3.8, 4) is 0 Å². The van der Waals surface area contributed by atoms with Crippen LogP contribution in [0.5, 0.6) is 0 Å². The largest absolute Gasteiger partial charge is 0.394 e. The number of ether oxygens (including phenoxy) is 4. The van der Waals surface area contributed by atoms with E-state index in [1.807, 2.05) is 0 Å². The van der Waals surface area contributed by atoms with Gasteiger partial charge in [0, 0.05) is 0 Å². The predicted octanol–water partition coefficient (Wildman–Crippen LogP) is -3.80. The smallest absolute Gasteiger partial charge is 0.224 e. The Morgan fingerprint density at radius 1 is 0.963 bits per heavy atom. The van der Waals surface area contributed by atoms with Crippen LogP contribution in [0, 0.1) is 0 Å². The molecule has 0 spiro atoms. The van der Waals surface area contributed by atoms with Crippen molar-refractivity contribution in [2.45, 2.75) is 61.7 Å². The normalized spacial score (nSPS) is 45.2. The fraction of sp³-hybridized carbons (Fsp3) is 0.875. The van der Waals surface area contributed by atoms with E-state index in [4.69, 9.17) is 18.9 Å². The highest BCUT2D eigenvalue weighted by Gasteiger charge is 2.58. The summed E-state index contributed by atoms with van der Waals surface area (Å²) < 4.78 is 21.6. The SMILES string of the molecule is C=C(C)COC[C@@]1(O[C@H]2O[C@H](CO)[C@@H](O)[C@H](O)[C@H]2O)O[C@H](CO)[C@@H](O)[C@@H]1O. The molecule has 158 valence electrons. The van der Waals surface area contributed by atoms with Crippen LogP contribution in [0.15, 0.2) is 12.2 Å². The average molecular weight is 396 g/mol. The molecular formula is C16H28O11. The maximum absolute atomic E-state index is 10.4. The van der Waals surface area contributed by atoms with Crippen LogP contribution in [0.3, 0.4) is 0 Å². The zero-order valence-electron chi connectivity index (χ0n) is 14.9. The Morgan fingerprint density at radius 3 is 2.11 bits per heavy atom. The van der Waals surface area contributed by atoms with Gasteiger partial charge in [0.05, 0.1) is 19.8 Å². The molecule has 2 aliphatic heterocycles. The molecule has 2 fully saturated rings. The van der Waals surface area contributed by atoms with Crippen molar-refractivity contribution in [1.82, 2.24) is 0 Å². The lowest BCUT2D eigenvalue weighted by Gasteiger charge is -2.43. The van der Waals surface area contributed by atoms with Crippen LogP contribution >= 0.6 is 0 Å². The van der Waals surface area contributed by atoms with Crippen molar-refractivity contribution in [3.05, 3.63) is 12.2 Å². The molecule has 0 aliphatic carbocycles. The third-order valence-electron chi connectivity index (χ3n) is 4.50. The molecule has 0 aromatic carbocycles. The van der Waals surface area contributed by atoms with E-state index in [-0.39, 0.29) is 6.61 Å². The minimum absolute atomic E-state index is 0.0791. The fourth-order valence-electron chi connectivity index (χ4n) is 2.98. The quantitative estimate of drug-likeness (QED) is 0.200. The molecular weight excluding hydrogens is 368 g/mol. The summed E-state index contributed by atoms with van der Waals surface area (Å²) in [5, 5.41) is 68.9. The predicted molar refractivity (Wildman–Crippen MR) is 87.2 cm³/mol. The van der Waals surface area contributed by atoms with Crippen LogP contribution in [-0.2, 0) is 18.9 Å². The first-order valence-corrected chi connectivity index (χ1v) is 8.52. The van der Waals surface area contributed by atoms with E-state index in [1.54, 1.807) is 6.92 Å². The van der Waals surface area contributed by atoms with Gasteiger partial charge in [-0.25, -0.2) is 0 Å². The molecule has 2 heterocycles. The minimum atomic E-state index is -2.05. The van der Waals surface area contributed by atoms with Crippen molar-refractivity contribution in [1.29, 1.82) is 0 Å². The van der Waals surface area contributed by atoms with E-state index in [0.717, 1.165) is 0 Å². The van der Waals surface area contributed by atoms with Crippen LogP contribution in [0.4, 0.5) is 0 Å². The van der Waals surface area contributed by atoms with Crippen LogP contribution in [0.1, 0.15) is 6.92 Å². The second-order valence-electron chi connectivity index (χ2n) is 6.85. The molecule has 0 amide bonds. The van der Waals surface area contributed by atoms with Gasteiger partial charge in [-0.2, -0.15) is 0 Å². The molecule has 0 aromatic rings. The van der Waals surface area contributed by atoms with E-state index >= 15 is 0 Å². The molecule has 2 saturated heterocycles. The average Bonchev–Trinajstić information content (AvgIpc) is 2.87. The highest BCUT2D eigenvalue weighted by atomic mass is 16.8. The van der Waals surface area contributed by atoms with Crippen LogP contribution in [-0.4, -0.2) is 117 Å². The summed E-state index contributed by atoms with van der Waals surface area (Å²) in [6.07, 6.45) is -12.3. The van der Waals surface area contributed by atoms with Gasteiger partial charge in [-0.1, -0.05) is 12.2 Å². The van der Waals surface area contributed by atoms with Gasteiger partial charge in [0.1, 0.15) is 49.3 Å². The topological polar surface area (TPSA) is 179 Å². The molecule has 2 aliphatic rings. The van der Waals surface area contributed by atoms with Gasteiger partial charge in [0.25, 0.3) is 0 Å². The number of rotatable bonds is 8. The van der Waals surface area contributed by atoms with Crippen LogP contribution in [0.25, 0.3) is 0 Å². The number of aliphatic hydroxyl groups excluding tert-OH is 7. The summed E-state index contributed by atoms with van der Waals surface area (Å²) in [7, 11) is 0. The van der Waals surface area contributed by atoms with E-state index in [2.05, 4.69) is 6.58 Å². The molecule has 0 unspecified atom stereocenters. The highest BCUT2D eigenvalue weighted by Crippen LogP contribution is 2.36. The van der Waals surface area contributed by atoms with Gasteiger partial charge in [-0.05, 0) is 6.92 Å². The second-order valence-corrected chi connectivity index (χ2v) is 6.85. The third kappa shape index (κ3) is 4.66. The molecule has 11 nitrogen and oxygen atoms in total. The van der Waals surface area contributed by atoms with Gasteiger partial charge < -0.3 is 54.7 Å². The Hall–Kier alpha value is -0.700. The Balaban J connectivity index is 2.22. The maximum atomic E-state index is 10.4. The van der Waals surface area contributed by atoms with E-state index < -0.39 is 74.6 Å². The van der Waals surface area contributed by atoms with Gasteiger partial charge >= 0.3 is 0 Å². The lowest BCUT2D eigenvalue weighted by Crippen LogP contribution is -2.62. The summed E-state index contributed by atoms with van der Waals surface area (Å²) in [4.78, 5) is 0. The van der Waals surface area contributed by atoms with Crippen LogP contribution < -0.4 is 0 Å². The van der Waals surface area contributed by atoms with Crippen molar-refractivity contribution >= 4 is 0 Å². The summed E-state index contributed by atoms with van der Waals surface area (Å²) in [5.74, 6) is -2.05. The monoisotopic (exact) mass is 396 g/mol. The van der Waals surface area contributed by atoms with Gasteiger partial charge in [0.15, 0.2) is 6.29 Å². The fourth-order valence-corrected chi connectivity index (χ4v) is 2.98. The molecule has 27 heavy (non-hydrogen) atoms. The molecule has 7 N–H and O–H groups in total. The highest BCUT2D eigenvalue weighted by molar-refractivity contribution is 4.99. The Kier molecular flexibility index (Phi) is 7.70. The summed E-state index contributed by atoms with van der Waals surface area (Å²) in [6, 6.07) is 0. The first-order valence-electron chi connectivity index (χ1n) is 8.52. The Morgan fingerprint density at radius 2 is 1.59 bits per heavy atom. The third-order valence-corrected chi connectivity index (χ3v) is 4.50. The van der Waals surface area contributed by atoms with Gasteiger partial charge in [0.2, 0.25) is 5.79 Å². The van der Waals surface area contributed by atoms with Gasteiger partial charge in [-0.3, -0.25) is 0 Å². The molecule has 0 aromatic heterocycles. The van der Waals surface area contributed by atoms with Gasteiger partial charge in [-0.15, -0.1) is 0 Å². The number of hydrogen-bond acceptors (Lipinski definition) is 11. The molecule has 2 rings (SSSR count). The standard InChI is InChI=1S/C16H28O11/c1-7(2)5-24-6-16(14(23)11(20)9(4-18)26-16)27-15-13(22)12(21)10(19)8(3-17)25-15/h8-15,17-23H,1,3-6H2,2H3/t8-,9-,10-,11-,12+,13-,14+,15-,16+/m1/s1. The molecule has 9 atom stereocenters. The lowest BCUT2D eigenvalue weighted by molar-refractivity contribution is -0.385. The zero-order valence-corrected chi connectivity index (χ0v) is 14.9. The first-order chi connectivity index (χ1) is 12.7. The summed E-state index contributed by atoms with van der Waals surface area (Å²) in [6.45, 7) is 3.71. The molecule has 0 radical (unpaired) electrons. The Bertz CT molecular complexity index is 501. The van der Waals surface area contributed by atoms with Crippen molar-refractivity contribution < 1.29 is 54.7 Å². The van der Waals surface area contributed by atoms with E-state index in [1.165, 1.54) is 0 Å². The van der Waals surface area contributed by atoms with Crippen molar-refractivity contribution in [2.75, 3.05) is 26.4 Å². The molecule has 0 saturated carbocycles. The second kappa shape index (κ2) is 9.20. The summed E-state index contributed by atoms with van der Waals surface area (Å²) >= 11 is 0. The maximum Gasteiger partial charge on any atom is 0.224 e. The van der Waals surface area contributed by atoms with Crippen LogP contribution in [0.2, 0.25) is 0 Å². The van der Waals surface area contributed by atoms with Crippen molar-refractivity contribution in [2.24, 2.45) is 0 Å².